The van der Waals surface area contributed by atoms with E-state index in [2.05, 4.69) is 6.92 Å². The van der Waals surface area contributed by atoms with Crippen LogP contribution in [0.15, 0.2) is 0 Å². The van der Waals surface area contributed by atoms with Crippen molar-refractivity contribution in [1.29, 1.82) is 0 Å². The van der Waals surface area contributed by atoms with E-state index in [1.807, 2.05) is 0 Å². The van der Waals surface area contributed by atoms with E-state index in [0.717, 1.165) is 25.7 Å². The van der Waals surface area contributed by atoms with E-state index >= 15 is 0 Å². The van der Waals surface area contributed by atoms with Crippen molar-refractivity contribution in [3.8, 4) is 0 Å². The van der Waals surface area contributed by atoms with Gasteiger partial charge in [0, 0.05) is 13.1 Å². The summed E-state index contributed by atoms with van der Waals surface area (Å²) in [7, 11) is 1.48. The first kappa shape index (κ1) is 11.4. The monoisotopic (exact) mass is 205 g/mol. The van der Waals surface area contributed by atoms with Crippen molar-refractivity contribution in [1.82, 2.24) is 4.90 Å². The molecule has 0 aromatic carbocycles. The minimum Gasteiger partial charge on any atom is -0.338 e. The topological polar surface area (TPSA) is 20.3 Å². The first-order valence-electron chi connectivity index (χ1n) is 5.07. The number of hydrogen-bond acceptors (Lipinski definition) is 1. The minimum absolute atomic E-state index is 0.0141. The van der Waals surface area contributed by atoms with Crippen LogP contribution in [0.25, 0.3) is 0 Å². The SMILES string of the molecule is CC1CCCC(N(C)C(=O)C(F)F)C1. The smallest absolute Gasteiger partial charge is 0.315 e. The van der Waals surface area contributed by atoms with Gasteiger partial charge in [-0.2, -0.15) is 8.78 Å². The molecule has 1 aliphatic rings. The molecule has 0 radical (unpaired) electrons. The number of nitrogens with zero attached hydrogens (tertiary/aromatic N) is 1. The van der Waals surface area contributed by atoms with Crippen molar-refractivity contribution in [2.24, 2.45) is 5.92 Å². The van der Waals surface area contributed by atoms with Gasteiger partial charge in [-0.15, -0.1) is 0 Å². The first-order chi connectivity index (χ1) is 6.52. The molecule has 2 unspecified atom stereocenters. The fourth-order valence-corrected chi connectivity index (χ4v) is 2.09. The summed E-state index contributed by atoms with van der Waals surface area (Å²) < 4.78 is 24.3. The predicted octanol–water partition coefficient (Wildman–Crippen LogP) is 2.29. The molecule has 0 saturated heterocycles. The van der Waals surface area contributed by atoms with E-state index in [-0.39, 0.29) is 6.04 Å². The average molecular weight is 205 g/mol. The second kappa shape index (κ2) is 4.71. The van der Waals surface area contributed by atoms with Gasteiger partial charge in [0.2, 0.25) is 0 Å². The largest absolute Gasteiger partial charge is 0.338 e. The van der Waals surface area contributed by atoms with Crippen LogP contribution in [0.3, 0.4) is 0 Å². The van der Waals surface area contributed by atoms with Crippen LogP contribution in [-0.4, -0.2) is 30.3 Å². The molecule has 0 spiro atoms. The summed E-state index contributed by atoms with van der Waals surface area (Å²) in [6, 6.07) is 0.0141. The number of amides is 1. The lowest BCUT2D eigenvalue weighted by atomic mass is 9.86. The van der Waals surface area contributed by atoms with Crippen molar-refractivity contribution >= 4 is 5.91 Å². The lowest BCUT2D eigenvalue weighted by Crippen LogP contribution is -2.42. The van der Waals surface area contributed by atoms with Gasteiger partial charge in [-0.1, -0.05) is 19.8 Å². The van der Waals surface area contributed by atoms with Gasteiger partial charge >= 0.3 is 6.43 Å². The Morgan fingerprint density at radius 1 is 1.43 bits per heavy atom. The molecule has 0 aromatic heterocycles. The van der Waals surface area contributed by atoms with Crippen LogP contribution < -0.4 is 0 Å². The van der Waals surface area contributed by atoms with Gasteiger partial charge in [-0.25, -0.2) is 0 Å². The zero-order valence-electron chi connectivity index (χ0n) is 8.67. The molecule has 1 amide bonds. The highest BCUT2D eigenvalue weighted by Crippen LogP contribution is 2.27. The summed E-state index contributed by atoms with van der Waals surface area (Å²) in [4.78, 5) is 12.2. The molecule has 0 heterocycles. The fraction of sp³-hybridized carbons (Fsp3) is 0.900. The van der Waals surface area contributed by atoms with Crippen LogP contribution in [0.4, 0.5) is 8.78 Å². The number of hydrogen-bond donors (Lipinski definition) is 0. The highest BCUT2D eigenvalue weighted by Gasteiger charge is 2.29. The summed E-state index contributed by atoms with van der Waals surface area (Å²) in [6.07, 6.45) is 1.03. The van der Waals surface area contributed by atoms with E-state index in [0.29, 0.717) is 5.92 Å². The quantitative estimate of drug-likeness (QED) is 0.677. The van der Waals surface area contributed by atoms with Crippen molar-refractivity contribution in [3.63, 3.8) is 0 Å². The number of alkyl halides is 2. The molecule has 1 fully saturated rings. The Balaban J connectivity index is 2.51. The Morgan fingerprint density at radius 2 is 2.07 bits per heavy atom. The maximum Gasteiger partial charge on any atom is 0.315 e. The molecule has 2 atom stereocenters. The highest BCUT2D eigenvalue weighted by atomic mass is 19.3. The zero-order chi connectivity index (χ0) is 10.7. The molecule has 0 N–H and O–H groups in total. The van der Waals surface area contributed by atoms with E-state index in [1.165, 1.54) is 11.9 Å². The van der Waals surface area contributed by atoms with Crippen molar-refractivity contribution < 1.29 is 13.6 Å². The average Bonchev–Trinajstić information content (AvgIpc) is 2.15. The molecule has 1 rings (SSSR count). The molecular weight excluding hydrogens is 188 g/mol. The molecule has 14 heavy (non-hydrogen) atoms. The van der Waals surface area contributed by atoms with Crippen LogP contribution >= 0.6 is 0 Å². The first-order valence-corrected chi connectivity index (χ1v) is 5.07. The fourth-order valence-electron chi connectivity index (χ4n) is 2.09. The zero-order valence-corrected chi connectivity index (χ0v) is 8.67. The molecular formula is C10H17F2NO. The summed E-state index contributed by atoms with van der Waals surface area (Å²) in [5.41, 5.74) is 0. The molecule has 2 nitrogen and oxygen atoms in total. The van der Waals surface area contributed by atoms with E-state index in [1.54, 1.807) is 0 Å². The number of carbonyl (C=O) groups excluding carboxylic acids is 1. The number of carbonyl (C=O) groups is 1. The van der Waals surface area contributed by atoms with Gasteiger partial charge in [-0.3, -0.25) is 4.79 Å². The van der Waals surface area contributed by atoms with E-state index in [9.17, 15) is 13.6 Å². The third kappa shape index (κ3) is 2.66. The Morgan fingerprint density at radius 3 is 2.57 bits per heavy atom. The van der Waals surface area contributed by atoms with Crippen molar-refractivity contribution in [2.45, 2.75) is 45.1 Å². The minimum atomic E-state index is -2.86. The van der Waals surface area contributed by atoms with Crippen molar-refractivity contribution in [3.05, 3.63) is 0 Å². The van der Waals surface area contributed by atoms with Gasteiger partial charge in [0.05, 0.1) is 0 Å². The van der Waals surface area contributed by atoms with Gasteiger partial charge in [-0.05, 0) is 18.8 Å². The summed E-state index contributed by atoms with van der Waals surface area (Å²) in [5, 5.41) is 0. The second-order valence-electron chi connectivity index (χ2n) is 4.18. The molecule has 1 saturated carbocycles. The van der Waals surface area contributed by atoms with E-state index < -0.39 is 12.3 Å². The van der Waals surface area contributed by atoms with Crippen LogP contribution in [0.2, 0.25) is 0 Å². The third-order valence-corrected chi connectivity index (χ3v) is 2.99. The number of rotatable bonds is 2. The molecule has 0 aliphatic heterocycles. The van der Waals surface area contributed by atoms with Gasteiger partial charge < -0.3 is 4.90 Å². The predicted molar refractivity (Wildman–Crippen MR) is 50.2 cm³/mol. The molecule has 0 aromatic rings. The van der Waals surface area contributed by atoms with Gasteiger partial charge in [0.15, 0.2) is 0 Å². The Hall–Kier alpha value is -0.670. The maximum atomic E-state index is 12.1. The summed E-state index contributed by atoms with van der Waals surface area (Å²) >= 11 is 0. The Kier molecular flexibility index (Phi) is 3.84. The summed E-state index contributed by atoms with van der Waals surface area (Å²) in [6.45, 7) is 2.10. The van der Waals surface area contributed by atoms with Gasteiger partial charge in [0.25, 0.3) is 5.91 Å². The van der Waals surface area contributed by atoms with Crippen LogP contribution in [0.1, 0.15) is 32.6 Å². The number of halogens is 2. The van der Waals surface area contributed by atoms with Crippen LogP contribution in [-0.2, 0) is 4.79 Å². The summed E-state index contributed by atoms with van der Waals surface area (Å²) in [5.74, 6) is -0.495. The molecule has 1 aliphatic carbocycles. The standard InChI is InChI=1S/C10H17F2NO/c1-7-4-3-5-8(6-7)13(2)10(14)9(11)12/h7-9H,3-6H2,1-2H3. The van der Waals surface area contributed by atoms with Crippen molar-refractivity contribution in [2.75, 3.05) is 7.05 Å². The molecule has 82 valence electrons. The lowest BCUT2D eigenvalue weighted by Gasteiger charge is -2.33. The lowest BCUT2D eigenvalue weighted by molar-refractivity contribution is -0.144. The molecule has 4 heteroatoms. The normalized spacial score (nSPS) is 27.8. The third-order valence-electron chi connectivity index (χ3n) is 2.99. The van der Waals surface area contributed by atoms with E-state index in [4.69, 9.17) is 0 Å². The van der Waals surface area contributed by atoms with Gasteiger partial charge in [0.1, 0.15) is 0 Å². The van der Waals surface area contributed by atoms with Crippen LogP contribution in [0, 0.1) is 5.92 Å². The Bertz CT molecular complexity index is 208. The second-order valence-corrected chi connectivity index (χ2v) is 4.18. The maximum absolute atomic E-state index is 12.1. The van der Waals surface area contributed by atoms with Crippen LogP contribution in [0.5, 0.6) is 0 Å². The highest BCUT2D eigenvalue weighted by molar-refractivity contribution is 5.79. The molecule has 0 bridgehead atoms. The Labute approximate surface area is 83.3 Å².